The maximum atomic E-state index is 12.6. The van der Waals surface area contributed by atoms with Gasteiger partial charge in [-0.2, -0.15) is 13.5 Å². The molecule has 40 heavy (non-hydrogen) atoms. The van der Waals surface area contributed by atoms with Crippen molar-refractivity contribution in [2.24, 2.45) is 5.92 Å². The van der Waals surface area contributed by atoms with E-state index in [4.69, 9.17) is 9.47 Å². The fraction of sp³-hybridized carbons (Fsp3) is 0.355. The first-order valence-electron chi connectivity index (χ1n) is 13.6. The van der Waals surface area contributed by atoms with E-state index in [0.717, 1.165) is 17.8 Å². The third-order valence-electron chi connectivity index (χ3n) is 7.14. The van der Waals surface area contributed by atoms with Crippen LogP contribution in [0.15, 0.2) is 95.6 Å². The van der Waals surface area contributed by atoms with E-state index in [-0.39, 0.29) is 17.4 Å². The van der Waals surface area contributed by atoms with Crippen molar-refractivity contribution in [1.82, 2.24) is 14.5 Å². The molecule has 1 N–H and O–H groups in total. The lowest BCUT2D eigenvalue weighted by molar-refractivity contribution is -0.119. The summed E-state index contributed by atoms with van der Waals surface area (Å²) in [6.45, 7) is 4.73. The number of allylic oxidation sites excluding steroid dienone is 4. The highest BCUT2D eigenvalue weighted by atomic mass is 32.2. The summed E-state index contributed by atoms with van der Waals surface area (Å²) in [5, 5.41) is 6.51. The zero-order valence-corrected chi connectivity index (χ0v) is 23.7. The molecule has 210 valence electrons. The average Bonchev–Trinajstić information content (AvgIpc) is 3.57. The molecule has 2 heterocycles. The Morgan fingerprint density at radius 1 is 1.15 bits per heavy atom. The number of carbonyl (C=O) groups is 1. The second-order valence-corrected chi connectivity index (χ2v) is 12.5. The molecule has 1 amide bonds. The molecule has 3 aromatic rings. The van der Waals surface area contributed by atoms with Crippen LogP contribution in [0.1, 0.15) is 45.1 Å². The predicted molar refractivity (Wildman–Crippen MR) is 154 cm³/mol. The van der Waals surface area contributed by atoms with Crippen LogP contribution in [0.3, 0.4) is 0 Å². The van der Waals surface area contributed by atoms with Crippen molar-refractivity contribution in [2.75, 3.05) is 6.61 Å². The van der Waals surface area contributed by atoms with Crippen LogP contribution in [-0.2, 0) is 37.3 Å². The summed E-state index contributed by atoms with van der Waals surface area (Å²) in [5.74, 6) is 0.216. The van der Waals surface area contributed by atoms with E-state index in [1.165, 1.54) is 22.4 Å². The third kappa shape index (κ3) is 7.01. The number of aromatic nitrogens is 2. The Balaban J connectivity index is 1.21. The lowest BCUT2D eigenvalue weighted by Crippen LogP contribution is -2.33. The van der Waals surface area contributed by atoms with Crippen molar-refractivity contribution in [3.63, 3.8) is 0 Å². The number of benzene rings is 2. The normalized spacial score (nSPS) is 18.4. The number of sulfonamides is 1. The highest BCUT2D eigenvalue weighted by Gasteiger charge is 2.34. The van der Waals surface area contributed by atoms with Crippen molar-refractivity contribution >= 4 is 26.7 Å². The van der Waals surface area contributed by atoms with Gasteiger partial charge in [-0.25, -0.2) is 4.72 Å². The molecule has 1 aromatic heterocycles. The number of hydrogen-bond donors (Lipinski definition) is 1. The number of amides is 1. The van der Waals surface area contributed by atoms with E-state index in [9.17, 15) is 13.2 Å². The molecular weight excluding hydrogens is 526 g/mol. The van der Waals surface area contributed by atoms with Crippen LogP contribution in [0.2, 0.25) is 0 Å². The maximum Gasteiger partial charge on any atom is 0.296 e. The Morgan fingerprint density at radius 2 is 1.98 bits per heavy atom. The average molecular weight is 562 g/mol. The molecule has 2 aliphatic rings. The minimum Gasteiger partial charge on any atom is -0.497 e. The van der Waals surface area contributed by atoms with E-state index in [0.29, 0.717) is 32.4 Å². The highest BCUT2D eigenvalue weighted by Crippen LogP contribution is 2.31. The van der Waals surface area contributed by atoms with Crippen molar-refractivity contribution < 1.29 is 22.7 Å². The molecule has 1 atom stereocenters. The van der Waals surface area contributed by atoms with Crippen molar-refractivity contribution in [3.8, 4) is 0 Å². The number of fused-ring (bicyclic) bond motifs is 1. The van der Waals surface area contributed by atoms with E-state index in [1.807, 2.05) is 35.2 Å². The first kappa shape index (κ1) is 27.7. The quantitative estimate of drug-likeness (QED) is 0.337. The molecule has 9 heteroatoms. The van der Waals surface area contributed by atoms with E-state index in [1.54, 1.807) is 20.0 Å². The summed E-state index contributed by atoms with van der Waals surface area (Å²) >= 11 is 0. The van der Waals surface area contributed by atoms with Crippen LogP contribution >= 0.6 is 0 Å². The first-order chi connectivity index (χ1) is 19.2. The zero-order chi connectivity index (χ0) is 28.2. The van der Waals surface area contributed by atoms with Crippen LogP contribution in [0, 0.1) is 5.92 Å². The van der Waals surface area contributed by atoms with Gasteiger partial charge in [-0.05, 0) is 66.8 Å². The fourth-order valence-electron chi connectivity index (χ4n) is 4.97. The van der Waals surface area contributed by atoms with Crippen molar-refractivity contribution in [2.45, 2.75) is 58.1 Å². The zero-order valence-electron chi connectivity index (χ0n) is 22.9. The van der Waals surface area contributed by atoms with Gasteiger partial charge in [0.1, 0.15) is 5.60 Å². The SMILES string of the molecule is CC1(C)CC=C(S(=O)(=O)NC(=O)CCC2CC=C(Cn3cccn3)C=C2OCCc2ccc3ccccc3c2)O1. The molecule has 0 spiro atoms. The summed E-state index contributed by atoms with van der Waals surface area (Å²) in [4.78, 5) is 12.6. The highest BCUT2D eigenvalue weighted by molar-refractivity contribution is 7.93. The molecule has 0 fully saturated rings. The molecule has 8 nitrogen and oxygen atoms in total. The van der Waals surface area contributed by atoms with E-state index >= 15 is 0 Å². The Hall–Kier alpha value is -3.85. The topological polar surface area (TPSA) is 99.5 Å². The number of hydrogen-bond acceptors (Lipinski definition) is 6. The van der Waals surface area contributed by atoms with Gasteiger partial charge in [0.05, 0.1) is 18.9 Å². The van der Waals surface area contributed by atoms with Gasteiger partial charge in [0.25, 0.3) is 10.0 Å². The summed E-state index contributed by atoms with van der Waals surface area (Å²) in [7, 11) is -4.02. The molecular formula is C31H35N3O5S. The van der Waals surface area contributed by atoms with Gasteiger partial charge in [0, 0.05) is 37.6 Å². The molecule has 2 aromatic carbocycles. The van der Waals surface area contributed by atoms with Gasteiger partial charge in [-0.15, -0.1) is 0 Å². The molecule has 0 radical (unpaired) electrons. The molecule has 5 rings (SSSR count). The number of nitrogens with zero attached hydrogens (tertiary/aromatic N) is 2. The van der Waals surface area contributed by atoms with Crippen molar-refractivity contribution in [3.05, 3.63) is 101 Å². The fourth-order valence-corrected chi connectivity index (χ4v) is 6.11. The molecule has 0 bridgehead atoms. The van der Waals surface area contributed by atoms with Gasteiger partial charge >= 0.3 is 0 Å². The summed E-state index contributed by atoms with van der Waals surface area (Å²) in [6.07, 6.45) is 11.8. The molecule has 1 unspecified atom stereocenters. The largest absolute Gasteiger partial charge is 0.497 e. The van der Waals surface area contributed by atoms with E-state index in [2.05, 4.69) is 46.2 Å². The first-order valence-corrected chi connectivity index (χ1v) is 15.1. The maximum absolute atomic E-state index is 12.6. The monoisotopic (exact) mass is 561 g/mol. The Kier molecular flexibility index (Phi) is 8.12. The molecule has 1 aliphatic carbocycles. The molecule has 1 aliphatic heterocycles. The standard InChI is InChI=1S/C31H35N3O5S/c1-31(2)16-14-30(39-31)40(36,37)33-29(35)13-12-26-11-9-24(22-34-18-5-17-32-34)21-28(26)38-19-15-23-8-10-25-6-3-4-7-27(25)20-23/h3-10,14,17-18,20-21,26H,11-13,15-16,19,22H2,1-2H3,(H,33,35). The Labute approximate surface area is 235 Å². The third-order valence-corrected chi connectivity index (χ3v) is 8.42. The second-order valence-electron chi connectivity index (χ2n) is 10.9. The van der Waals surface area contributed by atoms with Gasteiger partial charge < -0.3 is 9.47 Å². The summed E-state index contributed by atoms with van der Waals surface area (Å²) < 4.78 is 41.1. The lowest BCUT2D eigenvalue weighted by atomic mass is 9.90. The number of ether oxygens (including phenoxy) is 2. The van der Waals surface area contributed by atoms with Gasteiger partial charge in [0.2, 0.25) is 11.0 Å². The van der Waals surface area contributed by atoms with Crippen molar-refractivity contribution in [1.29, 1.82) is 0 Å². The summed E-state index contributed by atoms with van der Waals surface area (Å²) in [6, 6.07) is 16.6. The molecule has 0 saturated carbocycles. The van der Waals surface area contributed by atoms with Crippen LogP contribution in [0.4, 0.5) is 0 Å². The van der Waals surface area contributed by atoms with Crippen LogP contribution < -0.4 is 4.72 Å². The van der Waals surface area contributed by atoms with Crippen LogP contribution in [0.25, 0.3) is 10.8 Å². The Morgan fingerprint density at radius 3 is 2.73 bits per heavy atom. The number of carbonyl (C=O) groups excluding carboxylic acids is 1. The Bertz CT molecular complexity index is 1570. The number of nitrogens with one attached hydrogen (secondary N) is 1. The van der Waals surface area contributed by atoms with Crippen LogP contribution in [-0.4, -0.2) is 36.3 Å². The second kappa shape index (κ2) is 11.7. The van der Waals surface area contributed by atoms with Gasteiger partial charge in [-0.1, -0.05) is 48.5 Å². The minimum atomic E-state index is -4.02. The summed E-state index contributed by atoms with van der Waals surface area (Å²) in [5.41, 5.74) is 1.68. The number of rotatable bonds is 11. The predicted octanol–water partition coefficient (Wildman–Crippen LogP) is 5.39. The van der Waals surface area contributed by atoms with Gasteiger partial charge in [0.15, 0.2) is 0 Å². The lowest BCUT2D eigenvalue weighted by Gasteiger charge is -2.24. The minimum absolute atomic E-state index is 0.0349. The van der Waals surface area contributed by atoms with E-state index < -0.39 is 21.5 Å². The smallest absolute Gasteiger partial charge is 0.296 e. The van der Waals surface area contributed by atoms with Gasteiger partial charge in [-0.3, -0.25) is 9.48 Å². The molecule has 0 saturated heterocycles. The van der Waals surface area contributed by atoms with Crippen LogP contribution in [0.5, 0.6) is 0 Å².